The molecule has 0 saturated heterocycles. The molecule has 3 rings (SSSR count). The van der Waals surface area contributed by atoms with Crippen molar-refractivity contribution in [2.75, 3.05) is 27.2 Å². The van der Waals surface area contributed by atoms with Crippen LogP contribution in [0.25, 0.3) is 0 Å². The molecule has 0 amide bonds. The third kappa shape index (κ3) is 3.96. The van der Waals surface area contributed by atoms with Gasteiger partial charge in [0, 0.05) is 37.5 Å². The fourth-order valence-electron chi connectivity index (χ4n) is 3.01. The summed E-state index contributed by atoms with van der Waals surface area (Å²) in [6.07, 6.45) is 3.21. The number of nitrogens with zero attached hydrogens (tertiary/aromatic N) is 2. The van der Waals surface area contributed by atoms with Gasteiger partial charge in [0.05, 0.1) is 0 Å². The van der Waals surface area contributed by atoms with E-state index in [0.717, 1.165) is 43.9 Å². The number of rotatable bonds is 6. The van der Waals surface area contributed by atoms with Crippen molar-refractivity contribution in [1.29, 1.82) is 0 Å². The zero-order chi connectivity index (χ0) is 17.0. The highest BCUT2D eigenvalue weighted by Gasteiger charge is 2.44. The summed E-state index contributed by atoms with van der Waals surface area (Å²) in [6.45, 7) is 1.72. The molecule has 5 heteroatoms. The molecule has 0 atom stereocenters. The fourth-order valence-corrected chi connectivity index (χ4v) is 3.71. The van der Waals surface area contributed by atoms with Gasteiger partial charge in [0.2, 0.25) is 0 Å². The summed E-state index contributed by atoms with van der Waals surface area (Å²) in [5.41, 5.74) is 1.15. The lowest BCUT2D eigenvalue weighted by molar-refractivity contribution is 0.479. The first-order chi connectivity index (χ1) is 11.6. The number of halogens is 1. The van der Waals surface area contributed by atoms with Crippen molar-refractivity contribution in [1.82, 2.24) is 10.2 Å². The molecular weight excluding hydrogens is 321 g/mol. The van der Waals surface area contributed by atoms with Crippen LogP contribution in [0.3, 0.4) is 0 Å². The van der Waals surface area contributed by atoms with Gasteiger partial charge in [0.25, 0.3) is 0 Å². The van der Waals surface area contributed by atoms with Gasteiger partial charge in [-0.25, -0.2) is 4.39 Å². The first kappa shape index (κ1) is 17.0. The van der Waals surface area contributed by atoms with Crippen molar-refractivity contribution >= 4 is 17.3 Å². The number of thiophene rings is 1. The molecule has 1 saturated carbocycles. The van der Waals surface area contributed by atoms with Gasteiger partial charge in [0.1, 0.15) is 5.82 Å². The van der Waals surface area contributed by atoms with Crippen molar-refractivity contribution in [2.45, 2.75) is 24.7 Å². The van der Waals surface area contributed by atoms with E-state index in [-0.39, 0.29) is 11.2 Å². The van der Waals surface area contributed by atoms with Gasteiger partial charge in [-0.05, 0) is 48.4 Å². The Kier molecular flexibility index (Phi) is 5.19. The largest absolute Gasteiger partial charge is 0.355 e. The first-order valence-electron chi connectivity index (χ1n) is 8.33. The highest BCUT2D eigenvalue weighted by Crippen LogP contribution is 2.47. The summed E-state index contributed by atoms with van der Waals surface area (Å²) in [7, 11) is 3.87. The normalized spacial score (nSPS) is 16.0. The minimum Gasteiger partial charge on any atom is -0.355 e. The van der Waals surface area contributed by atoms with Gasteiger partial charge in [-0.2, -0.15) is 0 Å². The molecule has 1 aromatic heterocycles. The second-order valence-electron chi connectivity index (χ2n) is 6.44. The van der Waals surface area contributed by atoms with Gasteiger partial charge in [-0.15, -0.1) is 11.3 Å². The SMILES string of the molecule is CN=C(NCC1(c2cccc(F)c2)CC1)N(C)CCc1cccs1. The Balaban J connectivity index is 1.56. The number of nitrogens with one attached hydrogen (secondary N) is 1. The van der Waals surface area contributed by atoms with Crippen LogP contribution < -0.4 is 5.32 Å². The van der Waals surface area contributed by atoms with Crippen molar-refractivity contribution in [3.63, 3.8) is 0 Å². The Labute approximate surface area is 147 Å². The molecule has 2 aromatic rings. The molecule has 128 valence electrons. The van der Waals surface area contributed by atoms with E-state index in [9.17, 15) is 4.39 Å². The first-order valence-corrected chi connectivity index (χ1v) is 9.21. The van der Waals surface area contributed by atoms with Gasteiger partial charge >= 0.3 is 0 Å². The summed E-state index contributed by atoms with van der Waals surface area (Å²) >= 11 is 1.79. The standard InChI is InChI=1S/C19H24FN3S/c1-21-18(23(2)11-8-17-7-4-12-24-17)22-14-19(9-10-19)15-5-3-6-16(20)13-15/h3-7,12-13H,8-11,14H2,1-2H3,(H,21,22). The minimum atomic E-state index is -0.156. The van der Waals surface area contributed by atoms with Crippen molar-refractivity contribution in [2.24, 2.45) is 4.99 Å². The number of guanidine groups is 1. The van der Waals surface area contributed by atoms with Gasteiger partial charge in [-0.3, -0.25) is 4.99 Å². The molecule has 0 unspecified atom stereocenters. The van der Waals surface area contributed by atoms with Crippen LogP contribution in [0.2, 0.25) is 0 Å². The van der Waals surface area contributed by atoms with Crippen LogP contribution in [0.15, 0.2) is 46.8 Å². The molecule has 1 heterocycles. The molecule has 3 nitrogen and oxygen atoms in total. The van der Waals surface area contributed by atoms with Crippen LogP contribution >= 0.6 is 11.3 Å². The fraction of sp³-hybridized carbons (Fsp3) is 0.421. The zero-order valence-corrected chi connectivity index (χ0v) is 15.1. The van der Waals surface area contributed by atoms with Crippen molar-refractivity contribution in [3.05, 3.63) is 58.0 Å². The topological polar surface area (TPSA) is 27.6 Å². The van der Waals surface area contributed by atoms with Gasteiger partial charge in [0.15, 0.2) is 5.96 Å². The van der Waals surface area contributed by atoms with E-state index < -0.39 is 0 Å². The average Bonchev–Trinajstić information content (AvgIpc) is 3.19. The maximum absolute atomic E-state index is 13.5. The predicted molar refractivity (Wildman–Crippen MR) is 99.3 cm³/mol. The van der Waals surface area contributed by atoms with Gasteiger partial charge < -0.3 is 10.2 Å². The Morgan fingerprint density at radius 3 is 2.79 bits per heavy atom. The summed E-state index contributed by atoms with van der Waals surface area (Å²) in [4.78, 5) is 7.93. The highest BCUT2D eigenvalue weighted by molar-refractivity contribution is 7.09. The third-order valence-corrected chi connectivity index (χ3v) is 5.66. The smallest absolute Gasteiger partial charge is 0.193 e. The van der Waals surface area contributed by atoms with Crippen molar-refractivity contribution < 1.29 is 4.39 Å². The monoisotopic (exact) mass is 345 g/mol. The molecule has 0 spiro atoms. The lowest BCUT2D eigenvalue weighted by Gasteiger charge is -2.24. The van der Waals surface area contributed by atoms with E-state index in [0.29, 0.717) is 0 Å². The third-order valence-electron chi connectivity index (χ3n) is 4.72. The lowest BCUT2D eigenvalue weighted by Crippen LogP contribution is -2.43. The molecule has 0 aliphatic heterocycles. The zero-order valence-electron chi connectivity index (χ0n) is 14.3. The number of hydrogen-bond acceptors (Lipinski definition) is 2. The number of aliphatic imine (C=N–C) groups is 1. The molecule has 1 N–H and O–H groups in total. The molecule has 1 aliphatic carbocycles. The molecule has 0 bridgehead atoms. The predicted octanol–water partition coefficient (Wildman–Crippen LogP) is 3.67. The summed E-state index contributed by atoms with van der Waals surface area (Å²) in [6, 6.07) is 11.2. The Morgan fingerprint density at radius 1 is 1.33 bits per heavy atom. The summed E-state index contributed by atoms with van der Waals surface area (Å²) < 4.78 is 13.5. The van der Waals surface area contributed by atoms with E-state index >= 15 is 0 Å². The summed E-state index contributed by atoms with van der Waals surface area (Å²) in [5.74, 6) is 0.741. The van der Waals surface area contributed by atoms with Crippen LogP contribution in [-0.2, 0) is 11.8 Å². The lowest BCUT2D eigenvalue weighted by atomic mass is 9.96. The van der Waals surface area contributed by atoms with Gasteiger partial charge in [-0.1, -0.05) is 18.2 Å². The van der Waals surface area contributed by atoms with E-state index in [2.05, 4.69) is 39.8 Å². The second kappa shape index (κ2) is 7.34. The van der Waals surface area contributed by atoms with E-state index in [1.54, 1.807) is 23.5 Å². The molecule has 24 heavy (non-hydrogen) atoms. The quantitative estimate of drug-likeness (QED) is 0.639. The molecule has 0 radical (unpaired) electrons. The summed E-state index contributed by atoms with van der Waals surface area (Å²) in [5, 5.41) is 5.59. The van der Waals surface area contributed by atoms with E-state index in [4.69, 9.17) is 0 Å². The molecule has 1 aliphatic rings. The van der Waals surface area contributed by atoms with Crippen LogP contribution in [0, 0.1) is 5.82 Å². The van der Waals surface area contributed by atoms with Crippen molar-refractivity contribution in [3.8, 4) is 0 Å². The molecular formula is C19H24FN3S. The van der Waals surface area contributed by atoms with Crippen LogP contribution in [-0.4, -0.2) is 38.0 Å². The average molecular weight is 345 g/mol. The number of likely N-dealkylation sites (N-methyl/N-ethyl adjacent to an activating group) is 1. The molecule has 1 fully saturated rings. The van der Waals surface area contributed by atoms with E-state index in [1.807, 2.05) is 13.1 Å². The molecule has 1 aromatic carbocycles. The Hall–Kier alpha value is -1.88. The Morgan fingerprint density at radius 2 is 2.17 bits per heavy atom. The van der Waals surface area contributed by atoms with Crippen LogP contribution in [0.5, 0.6) is 0 Å². The van der Waals surface area contributed by atoms with Crippen LogP contribution in [0.4, 0.5) is 4.39 Å². The number of hydrogen-bond donors (Lipinski definition) is 1. The maximum Gasteiger partial charge on any atom is 0.193 e. The van der Waals surface area contributed by atoms with E-state index in [1.165, 1.54) is 10.9 Å². The number of benzene rings is 1. The maximum atomic E-state index is 13.5. The second-order valence-corrected chi connectivity index (χ2v) is 7.47. The Bertz CT molecular complexity index is 692. The van der Waals surface area contributed by atoms with Crippen LogP contribution in [0.1, 0.15) is 23.3 Å². The highest BCUT2D eigenvalue weighted by atomic mass is 32.1. The minimum absolute atomic E-state index is 0.0621.